The number of amides is 1. The Balaban J connectivity index is 1.42. The van der Waals surface area contributed by atoms with Gasteiger partial charge in [-0.2, -0.15) is 0 Å². The van der Waals surface area contributed by atoms with Crippen LogP contribution < -0.4 is 14.8 Å². The number of hydrogen-bond donors (Lipinski definition) is 2. The van der Waals surface area contributed by atoms with Crippen molar-refractivity contribution in [3.63, 3.8) is 0 Å². The summed E-state index contributed by atoms with van der Waals surface area (Å²) in [7, 11) is 0. The summed E-state index contributed by atoms with van der Waals surface area (Å²) >= 11 is 0. The highest BCUT2D eigenvalue weighted by atomic mass is 19.1. The number of rotatable bonds is 8. The van der Waals surface area contributed by atoms with Crippen molar-refractivity contribution >= 4 is 5.91 Å². The topological polar surface area (TPSA) is 71.0 Å². The summed E-state index contributed by atoms with van der Waals surface area (Å²) in [5.41, 5.74) is 1.65. The highest BCUT2D eigenvalue weighted by Crippen LogP contribution is 2.35. The summed E-state index contributed by atoms with van der Waals surface area (Å²) < 4.78 is 23.8. The molecule has 0 bridgehead atoms. The Morgan fingerprint density at radius 2 is 1.87 bits per heavy atom. The van der Waals surface area contributed by atoms with Gasteiger partial charge in [-0.05, 0) is 67.6 Å². The lowest BCUT2D eigenvalue weighted by atomic mass is 10.1. The van der Waals surface area contributed by atoms with Crippen molar-refractivity contribution in [1.82, 2.24) is 10.2 Å². The highest BCUT2D eigenvalue weighted by molar-refractivity contribution is 5.83. The Morgan fingerprint density at radius 3 is 2.63 bits per heavy atom. The zero-order valence-electron chi connectivity index (χ0n) is 16.9. The summed E-state index contributed by atoms with van der Waals surface area (Å²) in [6.07, 6.45) is 2.51. The van der Waals surface area contributed by atoms with Crippen LogP contribution in [-0.4, -0.2) is 48.4 Å². The Hall–Kier alpha value is -2.64. The smallest absolute Gasteiger partial charge is 0.242 e. The molecule has 2 aliphatic heterocycles. The minimum absolute atomic E-state index is 0.0838. The van der Waals surface area contributed by atoms with E-state index in [0.29, 0.717) is 23.6 Å². The van der Waals surface area contributed by atoms with Crippen molar-refractivity contribution in [2.24, 2.45) is 0 Å². The van der Waals surface area contributed by atoms with E-state index in [1.807, 2.05) is 4.90 Å². The maximum Gasteiger partial charge on any atom is 0.242 e. The number of halogens is 1. The summed E-state index contributed by atoms with van der Waals surface area (Å²) in [5.74, 6) is 0.885. The average Bonchev–Trinajstić information content (AvgIpc) is 3.45. The van der Waals surface area contributed by atoms with E-state index in [-0.39, 0.29) is 18.5 Å². The number of aliphatic hydroxyl groups excluding tert-OH is 1. The molecule has 7 heteroatoms. The third-order valence-electron chi connectivity index (χ3n) is 5.66. The monoisotopic (exact) mass is 416 g/mol. The van der Waals surface area contributed by atoms with Crippen molar-refractivity contribution in [1.29, 1.82) is 0 Å². The van der Waals surface area contributed by atoms with Gasteiger partial charge >= 0.3 is 0 Å². The summed E-state index contributed by atoms with van der Waals surface area (Å²) in [5, 5.41) is 14.3. The molecule has 0 radical (unpaired) electrons. The molecular weight excluding hydrogens is 389 g/mol. The van der Waals surface area contributed by atoms with E-state index in [9.17, 15) is 14.3 Å². The normalized spacial score (nSPS) is 17.2. The molecule has 160 valence electrons. The van der Waals surface area contributed by atoms with Gasteiger partial charge < -0.3 is 24.8 Å². The van der Waals surface area contributed by atoms with Crippen molar-refractivity contribution < 1.29 is 23.8 Å². The lowest BCUT2D eigenvalue weighted by molar-refractivity contribution is -0.135. The SMILES string of the molecule is O=C([C@@H](NCCCc1ccc(F)cc1)[14C@H](O)c1ccc2c(c1)OCO2)N1CCCC1. The van der Waals surface area contributed by atoms with Gasteiger partial charge in [0.15, 0.2) is 11.5 Å². The van der Waals surface area contributed by atoms with Crippen LogP contribution in [0.25, 0.3) is 0 Å². The number of nitrogens with one attached hydrogen (secondary N) is 1. The number of aliphatic hydroxyl groups is 1. The first-order chi connectivity index (χ1) is 14.6. The second kappa shape index (κ2) is 9.45. The molecule has 0 aliphatic carbocycles. The van der Waals surface area contributed by atoms with Crippen LogP contribution in [0.2, 0.25) is 0 Å². The van der Waals surface area contributed by atoms with Gasteiger partial charge in [-0.1, -0.05) is 18.2 Å². The number of hydrogen-bond acceptors (Lipinski definition) is 5. The predicted octanol–water partition coefficient (Wildman–Crippen LogP) is 2.80. The van der Waals surface area contributed by atoms with Crippen LogP contribution in [0.3, 0.4) is 0 Å². The number of carbonyl (C=O) groups is 1. The second-order valence-corrected chi connectivity index (χ2v) is 7.75. The lowest BCUT2D eigenvalue weighted by Crippen LogP contribution is -2.49. The first-order valence-corrected chi connectivity index (χ1v) is 10.5. The molecule has 2 heterocycles. The minimum atomic E-state index is -1.00. The summed E-state index contributed by atoms with van der Waals surface area (Å²) in [6.45, 7) is 2.16. The van der Waals surface area contributed by atoms with Crippen LogP contribution in [0.4, 0.5) is 4.39 Å². The quantitative estimate of drug-likeness (QED) is 0.648. The third kappa shape index (κ3) is 4.74. The number of ether oxygens (including phenoxy) is 2. The molecule has 0 spiro atoms. The molecule has 6 nitrogen and oxygen atoms in total. The Morgan fingerprint density at radius 1 is 1.13 bits per heavy atom. The highest BCUT2D eigenvalue weighted by Gasteiger charge is 2.33. The van der Waals surface area contributed by atoms with E-state index in [4.69, 9.17) is 9.47 Å². The molecule has 1 amide bonds. The fraction of sp³-hybridized carbons (Fsp3) is 0.435. The molecule has 30 heavy (non-hydrogen) atoms. The van der Waals surface area contributed by atoms with Crippen molar-refractivity contribution in [2.45, 2.75) is 37.8 Å². The molecule has 2 aromatic rings. The molecule has 2 aromatic carbocycles. The van der Waals surface area contributed by atoms with Gasteiger partial charge in [0.2, 0.25) is 12.7 Å². The maximum absolute atomic E-state index is 13.1. The molecular formula is C23H27FN2O4. The molecule has 2 aliphatic rings. The molecule has 1 fully saturated rings. The van der Waals surface area contributed by atoms with Crippen molar-refractivity contribution in [2.75, 3.05) is 26.4 Å². The Labute approximate surface area is 175 Å². The van der Waals surface area contributed by atoms with Crippen LogP contribution in [0, 0.1) is 5.82 Å². The maximum atomic E-state index is 13.1. The fourth-order valence-electron chi connectivity index (χ4n) is 3.96. The zero-order valence-corrected chi connectivity index (χ0v) is 16.9. The molecule has 1 saturated heterocycles. The largest absolute Gasteiger partial charge is 0.454 e. The van der Waals surface area contributed by atoms with Gasteiger partial charge in [-0.15, -0.1) is 0 Å². The number of benzene rings is 2. The van der Waals surface area contributed by atoms with Gasteiger partial charge in [-0.25, -0.2) is 4.39 Å². The number of aryl methyl sites for hydroxylation is 1. The van der Waals surface area contributed by atoms with Gasteiger partial charge in [0.05, 0.1) is 0 Å². The van der Waals surface area contributed by atoms with Gasteiger partial charge in [0.25, 0.3) is 0 Å². The molecule has 0 unspecified atom stereocenters. The van der Waals surface area contributed by atoms with E-state index in [0.717, 1.165) is 44.3 Å². The fourth-order valence-corrected chi connectivity index (χ4v) is 3.96. The van der Waals surface area contributed by atoms with Gasteiger partial charge in [0, 0.05) is 13.1 Å². The molecule has 0 saturated carbocycles. The summed E-state index contributed by atoms with van der Waals surface area (Å²) in [6, 6.07) is 11.0. The van der Waals surface area contributed by atoms with E-state index >= 15 is 0 Å². The second-order valence-electron chi connectivity index (χ2n) is 7.75. The van der Waals surface area contributed by atoms with Crippen LogP contribution in [0.5, 0.6) is 11.5 Å². The molecule has 0 aromatic heterocycles. The van der Waals surface area contributed by atoms with Crippen LogP contribution in [0.15, 0.2) is 42.5 Å². The number of likely N-dealkylation sites (tertiary alicyclic amines) is 1. The molecule has 2 N–H and O–H groups in total. The van der Waals surface area contributed by atoms with Crippen molar-refractivity contribution in [3.8, 4) is 11.5 Å². The first kappa shape index (κ1) is 20.6. The van der Waals surface area contributed by atoms with Gasteiger partial charge in [0.1, 0.15) is 18.0 Å². The zero-order chi connectivity index (χ0) is 20.9. The average molecular weight is 416 g/mol. The predicted molar refractivity (Wildman–Crippen MR) is 110 cm³/mol. The third-order valence-corrected chi connectivity index (χ3v) is 5.66. The standard InChI is InChI=1S/C23H27FN2O4/c24-18-8-5-16(6-9-18)4-3-11-25-21(23(28)26-12-1-2-13-26)22(27)17-7-10-19-20(14-17)30-15-29-19/h5-10,14,21-22,25,27H,1-4,11-13,15H2/t21-,22+/m0/s1/i22+2. The van der Waals surface area contributed by atoms with E-state index in [1.54, 1.807) is 30.3 Å². The van der Waals surface area contributed by atoms with Crippen LogP contribution >= 0.6 is 0 Å². The number of fused-ring (bicyclic) bond motifs is 1. The summed E-state index contributed by atoms with van der Waals surface area (Å²) in [4.78, 5) is 14.9. The minimum Gasteiger partial charge on any atom is -0.454 e. The van der Waals surface area contributed by atoms with E-state index in [2.05, 4.69) is 5.32 Å². The van der Waals surface area contributed by atoms with Crippen LogP contribution in [-0.2, 0) is 11.2 Å². The van der Waals surface area contributed by atoms with E-state index < -0.39 is 12.1 Å². The molecule has 4 rings (SSSR count). The van der Waals surface area contributed by atoms with Crippen molar-refractivity contribution in [3.05, 3.63) is 59.4 Å². The molecule has 2 atom stereocenters. The van der Waals surface area contributed by atoms with Gasteiger partial charge in [-0.3, -0.25) is 4.79 Å². The van der Waals surface area contributed by atoms with Crippen LogP contribution in [0.1, 0.15) is 36.5 Å². The number of carbonyl (C=O) groups excluding carboxylic acids is 1. The Kier molecular flexibility index (Phi) is 6.50. The first-order valence-electron chi connectivity index (χ1n) is 10.5. The van der Waals surface area contributed by atoms with E-state index in [1.165, 1.54) is 12.1 Å². The Bertz CT molecular complexity index is 868. The number of nitrogens with zero attached hydrogens (tertiary/aromatic N) is 1. The lowest BCUT2D eigenvalue weighted by Gasteiger charge is -2.28.